The summed E-state index contributed by atoms with van der Waals surface area (Å²) in [5.41, 5.74) is 5.98. The summed E-state index contributed by atoms with van der Waals surface area (Å²) >= 11 is 5.93. The highest BCUT2D eigenvalue weighted by molar-refractivity contribution is 6.31. The summed E-state index contributed by atoms with van der Waals surface area (Å²) in [6.07, 6.45) is 0.883. The number of halogens is 2. The fraction of sp³-hybridized carbons (Fsp3) is 0.500. The molecule has 20 heavy (non-hydrogen) atoms. The van der Waals surface area contributed by atoms with Crippen molar-refractivity contribution < 1.29 is 9.53 Å². The number of hydrogen-bond acceptors (Lipinski definition) is 3. The van der Waals surface area contributed by atoms with Crippen LogP contribution < -0.4 is 15.8 Å². The van der Waals surface area contributed by atoms with E-state index in [1.807, 2.05) is 13.8 Å². The Morgan fingerprint density at radius 3 is 2.80 bits per heavy atom. The third-order valence-corrected chi connectivity index (χ3v) is 2.90. The highest BCUT2D eigenvalue weighted by Gasteiger charge is 2.13. The fourth-order valence-corrected chi connectivity index (χ4v) is 1.64. The van der Waals surface area contributed by atoms with Crippen LogP contribution in [0.3, 0.4) is 0 Å². The summed E-state index contributed by atoms with van der Waals surface area (Å²) < 4.78 is 5.55. The molecule has 0 saturated carbocycles. The molecular formula is C14H22Cl2N2O2. The molecular weight excluding hydrogens is 299 g/mol. The van der Waals surface area contributed by atoms with Crippen molar-refractivity contribution >= 4 is 29.9 Å². The van der Waals surface area contributed by atoms with Crippen molar-refractivity contribution in [2.75, 3.05) is 19.7 Å². The predicted molar refractivity (Wildman–Crippen MR) is 85.0 cm³/mol. The van der Waals surface area contributed by atoms with Gasteiger partial charge in [0.15, 0.2) is 0 Å². The van der Waals surface area contributed by atoms with Crippen molar-refractivity contribution in [3.63, 3.8) is 0 Å². The van der Waals surface area contributed by atoms with Gasteiger partial charge in [-0.2, -0.15) is 0 Å². The lowest BCUT2D eigenvalue weighted by Gasteiger charge is -2.13. The average Bonchev–Trinajstić information content (AvgIpc) is 2.42. The first-order valence-corrected chi connectivity index (χ1v) is 6.86. The molecule has 1 amide bonds. The molecule has 4 nitrogen and oxygen atoms in total. The lowest BCUT2D eigenvalue weighted by atomic mass is 10.1. The lowest BCUT2D eigenvalue weighted by molar-refractivity contribution is 0.0944. The van der Waals surface area contributed by atoms with Crippen LogP contribution in [0.1, 0.15) is 30.6 Å². The molecule has 1 unspecified atom stereocenters. The molecule has 0 aliphatic heterocycles. The molecule has 0 aliphatic rings. The number of carbonyl (C=O) groups excluding carboxylic acids is 1. The van der Waals surface area contributed by atoms with E-state index in [0.29, 0.717) is 36.0 Å². The lowest BCUT2D eigenvalue weighted by Crippen LogP contribution is -2.31. The van der Waals surface area contributed by atoms with E-state index in [2.05, 4.69) is 5.32 Å². The van der Waals surface area contributed by atoms with Gasteiger partial charge in [-0.05, 0) is 37.1 Å². The first kappa shape index (κ1) is 19.0. The molecule has 3 N–H and O–H groups in total. The van der Waals surface area contributed by atoms with Gasteiger partial charge < -0.3 is 15.8 Å². The molecule has 1 aromatic carbocycles. The largest absolute Gasteiger partial charge is 0.493 e. The van der Waals surface area contributed by atoms with Crippen molar-refractivity contribution in [2.45, 2.75) is 20.3 Å². The van der Waals surface area contributed by atoms with E-state index in [0.717, 1.165) is 6.42 Å². The average molecular weight is 321 g/mol. The van der Waals surface area contributed by atoms with Gasteiger partial charge in [-0.15, -0.1) is 12.4 Å². The normalized spacial score (nSPS) is 11.4. The molecule has 0 saturated heterocycles. The van der Waals surface area contributed by atoms with E-state index < -0.39 is 0 Å². The quantitative estimate of drug-likeness (QED) is 0.812. The highest BCUT2D eigenvalue weighted by Crippen LogP contribution is 2.23. The Labute approximate surface area is 131 Å². The van der Waals surface area contributed by atoms with Gasteiger partial charge in [-0.1, -0.05) is 25.4 Å². The number of rotatable bonds is 7. The summed E-state index contributed by atoms with van der Waals surface area (Å²) in [6.45, 7) is 5.64. The highest BCUT2D eigenvalue weighted by atomic mass is 35.5. The zero-order valence-corrected chi connectivity index (χ0v) is 13.4. The molecule has 6 heteroatoms. The Hall–Kier alpha value is -0.970. The number of amides is 1. The SMILES string of the molecule is CCCOc1ccc(Cl)cc1C(=O)NCC(C)CN.Cl. The summed E-state index contributed by atoms with van der Waals surface area (Å²) in [7, 11) is 0. The number of nitrogens with one attached hydrogen (secondary N) is 1. The Bertz CT molecular complexity index is 428. The monoisotopic (exact) mass is 320 g/mol. The van der Waals surface area contributed by atoms with E-state index in [-0.39, 0.29) is 24.2 Å². The van der Waals surface area contributed by atoms with Crippen LogP contribution in [0.5, 0.6) is 5.75 Å². The Morgan fingerprint density at radius 2 is 2.20 bits per heavy atom. The maximum atomic E-state index is 12.1. The maximum Gasteiger partial charge on any atom is 0.255 e. The minimum absolute atomic E-state index is 0. The summed E-state index contributed by atoms with van der Waals surface area (Å²) in [6, 6.07) is 5.06. The molecule has 0 spiro atoms. The first-order valence-electron chi connectivity index (χ1n) is 6.49. The van der Waals surface area contributed by atoms with Gasteiger partial charge in [0.05, 0.1) is 12.2 Å². The van der Waals surface area contributed by atoms with E-state index in [9.17, 15) is 4.79 Å². The number of hydrogen-bond donors (Lipinski definition) is 2. The van der Waals surface area contributed by atoms with Crippen LogP contribution in [0, 0.1) is 5.92 Å². The molecule has 114 valence electrons. The smallest absolute Gasteiger partial charge is 0.255 e. The summed E-state index contributed by atoms with van der Waals surface area (Å²) in [5.74, 6) is 0.612. The van der Waals surface area contributed by atoms with Gasteiger partial charge in [-0.3, -0.25) is 4.79 Å². The molecule has 0 aliphatic carbocycles. The second-order valence-electron chi connectivity index (χ2n) is 4.54. The summed E-state index contributed by atoms with van der Waals surface area (Å²) in [5, 5.41) is 3.35. The van der Waals surface area contributed by atoms with Crippen LogP contribution in [-0.4, -0.2) is 25.6 Å². The van der Waals surface area contributed by atoms with Crippen LogP contribution in [-0.2, 0) is 0 Å². The molecule has 1 atom stereocenters. The predicted octanol–water partition coefficient (Wildman–Crippen LogP) is 2.88. The van der Waals surface area contributed by atoms with Gasteiger partial charge in [0.1, 0.15) is 5.75 Å². The molecule has 1 rings (SSSR count). The van der Waals surface area contributed by atoms with Crippen LogP contribution in [0.4, 0.5) is 0 Å². The number of ether oxygens (including phenoxy) is 1. The standard InChI is InChI=1S/C14H21ClN2O2.ClH/c1-3-6-19-13-5-4-11(15)7-12(13)14(18)17-9-10(2)8-16;/h4-5,7,10H,3,6,8-9,16H2,1-2H3,(H,17,18);1H. The van der Waals surface area contributed by atoms with Crippen molar-refractivity contribution in [1.29, 1.82) is 0 Å². The van der Waals surface area contributed by atoms with Crippen LogP contribution >= 0.6 is 24.0 Å². The topological polar surface area (TPSA) is 64.3 Å². The first-order chi connectivity index (χ1) is 9.08. The van der Waals surface area contributed by atoms with Gasteiger partial charge in [-0.25, -0.2) is 0 Å². The van der Waals surface area contributed by atoms with E-state index in [1.165, 1.54) is 0 Å². The number of carbonyl (C=O) groups is 1. The minimum Gasteiger partial charge on any atom is -0.493 e. The van der Waals surface area contributed by atoms with Crippen LogP contribution in [0.2, 0.25) is 5.02 Å². The zero-order valence-electron chi connectivity index (χ0n) is 11.8. The molecule has 0 radical (unpaired) electrons. The molecule has 0 bridgehead atoms. The maximum absolute atomic E-state index is 12.1. The van der Waals surface area contributed by atoms with Crippen molar-refractivity contribution in [2.24, 2.45) is 11.7 Å². The van der Waals surface area contributed by atoms with Crippen molar-refractivity contribution in [3.8, 4) is 5.75 Å². The Morgan fingerprint density at radius 1 is 1.50 bits per heavy atom. The second kappa shape index (κ2) is 9.86. The van der Waals surface area contributed by atoms with Crippen LogP contribution in [0.25, 0.3) is 0 Å². The van der Waals surface area contributed by atoms with Gasteiger partial charge in [0, 0.05) is 11.6 Å². The number of benzene rings is 1. The molecule has 0 aromatic heterocycles. The summed E-state index contributed by atoms with van der Waals surface area (Å²) in [4.78, 5) is 12.1. The van der Waals surface area contributed by atoms with Gasteiger partial charge in [0.25, 0.3) is 5.91 Å². The molecule has 0 heterocycles. The van der Waals surface area contributed by atoms with E-state index in [1.54, 1.807) is 18.2 Å². The Kier molecular flexibility index (Phi) is 9.38. The number of nitrogens with two attached hydrogens (primary N) is 1. The van der Waals surface area contributed by atoms with E-state index in [4.69, 9.17) is 22.1 Å². The third-order valence-electron chi connectivity index (χ3n) is 2.66. The third kappa shape index (κ3) is 5.99. The van der Waals surface area contributed by atoms with Crippen molar-refractivity contribution in [3.05, 3.63) is 28.8 Å². The molecule has 0 fully saturated rings. The minimum atomic E-state index is -0.186. The Balaban J connectivity index is 0.00000361. The van der Waals surface area contributed by atoms with Crippen LogP contribution in [0.15, 0.2) is 18.2 Å². The van der Waals surface area contributed by atoms with Gasteiger partial charge in [0.2, 0.25) is 0 Å². The second-order valence-corrected chi connectivity index (χ2v) is 4.98. The fourth-order valence-electron chi connectivity index (χ4n) is 1.46. The van der Waals surface area contributed by atoms with E-state index >= 15 is 0 Å². The molecule has 1 aromatic rings. The van der Waals surface area contributed by atoms with Gasteiger partial charge >= 0.3 is 0 Å². The van der Waals surface area contributed by atoms with Crippen molar-refractivity contribution in [1.82, 2.24) is 5.32 Å². The zero-order chi connectivity index (χ0) is 14.3.